The zero-order valence-corrected chi connectivity index (χ0v) is 16.0. The van der Waals surface area contributed by atoms with Gasteiger partial charge in [-0.25, -0.2) is 0 Å². The van der Waals surface area contributed by atoms with Crippen molar-refractivity contribution in [3.05, 3.63) is 82.0 Å². The van der Waals surface area contributed by atoms with E-state index < -0.39 is 28.8 Å². The molecule has 1 aliphatic rings. The van der Waals surface area contributed by atoms with Crippen molar-refractivity contribution < 1.29 is 29.3 Å². The Balaban J connectivity index is 1.87. The number of carbonyl (C=O) groups is 1. The van der Waals surface area contributed by atoms with E-state index in [2.05, 4.69) is 0 Å². The first-order chi connectivity index (χ1) is 14.9. The summed E-state index contributed by atoms with van der Waals surface area (Å²) in [6.07, 6.45) is -0.0731. The highest BCUT2D eigenvalue weighted by Gasteiger charge is 2.36. The molecule has 1 unspecified atom stereocenters. The van der Waals surface area contributed by atoms with E-state index >= 15 is 0 Å². The lowest BCUT2D eigenvalue weighted by atomic mass is 9.84. The molecule has 0 saturated carbocycles. The first kappa shape index (κ1) is 18.7. The lowest BCUT2D eigenvalue weighted by molar-refractivity contribution is -0.135. The molecule has 1 aromatic heterocycles. The van der Waals surface area contributed by atoms with Crippen LogP contribution < -0.4 is 10.2 Å². The van der Waals surface area contributed by atoms with Gasteiger partial charge in [-0.05, 0) is 17.7 Å². The Hall–Kier alpha value is -4.26. The molecule has 4 aromatic rings. The zero-order chi connectivity index (χ0) is 21.7. The summed E-state index contributed by atoms with van der Waals surface area (Å²) >= 11 is 0. The summed E-state index contributed by atoms with van der Waals surface area (Å²) in [6, 6.07) is 16.4. The lowest BCUT2D eigenvalue weighted by Crippen LogP contribution is -2.22. The van der Waals surface area contributed by atoms with Gasteiger partial charge in [-0.15, -0.1) is 0 Å². The van der Waals surface area contributed by atoms with Crippen LogP contribution in [-0.2, 0) is 4.79 Å². The minimum atomic E-state index is -0.707. The summed E-state index contributed by atoms with van der Waals surface area (Å²) in [7, 11) is 0. The van der Waals surface area contributed by atoms with Gasteiger partial charge >= 0.3 is 5.97 Å². The standard InChI is InChI=1S/C24H16O7/c25-14-8-6-12(7-9-14)15-10-18(27)31-24-19(15)23-20(21(28)22(24)29)16(26)11-17(30-23)13-4-2-1-3-5-13/h1-9,11,15,25,28-29H,10H2. The first-order valence-electron chi connectivity index (χ1n) is 9.54. The highest BCUT2D eigenvalue weighted by molar-refractivity contribution is 5.96. The van der Waals surface area contributed by atoms with E-state index in [9.17, 15) is 24.9 Å². The van der Waals surface area contributed by atoms with E-state index in [0.29, 0.717) is 11.1 Å². The molecule has 1 aliphatic heterocycles. The molecule has 3 N–H and O–H groups in total. The van der Waals surface area contributed by atoms with Gasteiger partial charge in [0, 0.05) is 17.5 Å². The van der Waals surface area contributed by atoms with Crippen LogP contribution in [0.4, 0.5) is 0 Å². The summed E-state index contributed by atoms with van der Waals surface area (Å²) in [5.74, 6) is -2.56. The van der Waals surface area contributed by atoms with Gasteiger partial charge in [-0.1, -0.05) is 42.5 Å². The molecule has 0 radical (unpaired) electrons. The average molecular weight is 416 g/mol. The number of aromatic hydroxyl groups is 3. The molecule has 0 spiro atoms. The third-order valence-corrected chi connectivity index (χ3v) is 5.40. The largest absolute Gasteiger partial charge is 0.508 e. The number of phenols is 3. The monoisotopic (exact) mass is 416 g/mol. The average Bonchev–Trinajstić information content (AvgIpc) is 2.77. The van der Waals surface area contributed by atoms with Crippen LogP contribution >= 0.6 is 0 Å². The molecule has 0 bridgehead atoms. The van der Waals surface area contributed by atoms with Gasteiger partial charge in [0.1, 0.15) is 22.5 Å². The zero-order valence-electron chi connectivity index (χ0n) is 16.0. The summed E-state index contributed by atoms with van der Waals surface area (Å²) in [4.78, 5) is 25.2. The van der Waals surface area contributed by atoms with Crippen molar-refractivity contribution >= 4 is 16.9 Å². The maximum Gasteiger partial charge on any atom is 0.312 e. The summed E-state index contributed by atoms with van der Waals surface area (Å²) in [5, 5.41) is 30.5. The number of esters is 1. The van der Waals surface area contributed by atoms with Crippen molar-refractivity contribution in [1.29, 1.82) is 0 Å². The number of hydrogen-bond acceptors (Lipinski definition) is 7. The third kappa shape index (κ3) is 2.98. The highest BCUT2D eigenvalue weighted by Crippen LogP contribution is 2.52. The first-order valence-corrected chi connectivity index (χ1v) is 9.54. The van der Waals surface area contributed by atoms with E-state index in [4.69, 9.17) is 9.15 Å². The van der Waals surface area contributed by atoms with Gasteiger partial charge < -0.3 is 24.5 Å². The Morgan fingerprint density at radius 2 is 1.58 bits per heavy atom. The van der Waals surface area contributed by atoms with Gasteiger partial charge in [-0.2, -0.15) is 0 Å². The van der Waals surface area contributed by atoms with Crippen LogP contribution in [-0.4, -0.2) is 21.3 Å². The second-order valence-electron chi connectivity index (χ2n) is 7.31. The van der Waals surface area contributed by atoms with E-state index in [1.165, 1.54) is 18.2 Å². The Labute approximate surface area is 175 Å². The number of hydrogen-bond donors (Lipinski definition) is 3. The minimum Gasteiger partial charge on any atom is -0.508 e. The predicted octanol–water partition coefficient (Wildman–Crippen LogP) is 4.02. The molecule has 7 heteroatoms. The molecule has 2 heterocycles. The molecular formula is C24H16O7. The fraction of sp³-hybridized carbons (Fsp3) is 0.0833. The quantitative estimate of drug-likeness (QED) is 0.257. The van der Waals surface area contributed by atoms with Gasteiger partial charge in [-0.3, -0.25) is 9.59 Å². The summed E-state index contributed by atoms with van der Waals surface area (Å²) < 4.78 is 11.3. The number of phenolic OH excluding ortho intramolecular Hbond substituents is 3. The van der Waals surface area contributed by atoms with Crippen LogP contribution in [0.5, 0.6) is 23.0 Å². The van der Waals surface area contributed by atoms with Crippen LogP contribution in [0.3, 0.4) is 0 Å². The van der Waals surface area contributed by atoms with E-state index in [1.54, 1.807) is 36.4 Å². The van der Waals surface area contributed by atoms with Crippen LogP contribution in [0.15, 0.2) is 69.9 Å². The second-order valence-corrected chi connectivity index (χ2v) is 7.31. The van der Waals surface area contributed by atoms with Gasteiger partial charge in [0.15, 0.2) is 16.9 Å². The molecule has 0 saturated heterocycles. The van der Waals surface area contributed by atoms with E-state index in [-0.39, 0.29) is 40.2 Å². The SMILES string of the molecule is O=C1CC(c2ccc(O)cc2)c2c(c(O)c(O)c3c(=O)cc(-c4ccccc4)oc23)O1. The molecule has 0 fully saturated rings. The number of fused-ring (bicyclic) bond motifs is 3. The molecule has 31 heavy (non-hydrogen) atoms. The van der Waals surface area contributed by atoms with Gasteiger partial charge in [0.05, 0.1) is 12.0 Å². The Kier molecular flexibility index (Phi) is 4.18. The molecule has 5 rings (SSSR count). The predicted molar refractivity (Wildman–Crippen MR) is 111 cm³/mol. The number of carbonyl (C=O) groups excluding carboxylic acids is 1. The number of ether oxygens (including phenoxy) is 1. The lowest BCUT2D eigenvalue weighted by Gasteiger charge is -2.26. The molecule has 1 atom stereocenters. The molecule has 0 amide bonds. The third-order valence-electron chi connectivity index (χ3n) is 5.40. The Morgan fingerprint density at radius 3 is 2.29 bits per heavy atom. The number of benzene rings is 3. The Bertz CT molecular complexity index is 1390. The van der Waals surface area contributed by atoms with Crippen molar-refractivity contribution in [2.24, 2.45) is 0 Å². The molecule has 3 aromatic carbocycles. The smallest absolute Gasteiger partial charge is 0.312 e. The van der Waals surface area contributed by atoms with Crippen molar-refractivity contribution in [2.75, 3.05) is 0 Å². The van der Waals surface area contributed by atoms with Crippen molar-refractivity contribution in [2.45, 2.75) is 12.3 Å². The van der Waals surface area contributed by atoms with Crippen molar-refractivity contribution in [1.82, 2.24) is 0 Å². The summed E-state index contributed by atoms with van der Waals surface area (Å²) in [6.45, 7) is 0. The van der Waals surface area contributed by atoms with Gasteiger partial charge in [0.2, 0.25) is 5.75 Å². The fourth-order valence-corrected chi connectivity index (χ4v) is 3.94. The minimum absolute atomic E-state index is 0.0298. The maximum atomic E-state index is 12.9. The van der Waals surface area contributed by atoms with E-state index in [1.807, 2.05) is 6.07 Å². The maximum absolute atomic E-state index is 12.9. The number of rotatable bonds is 2. The van der Waals surface area contributed by atoms with Crippen LogP contribution in [0.1, 0.15) is 23.5 Å². The van der Waals surface area contributed by atoms with Crippen molar-refractivity contribution in [3.63, 3.8) is 0 Å². The second kappa shape index (κ2) is 6.91. The fourth-order valence-electron chi connectivity index (χ4n) is 3.94. The Morgan fingerprint density at radius 1 is 0.871 bits per heavy atom. The normalized spacial score (nSPS) is 15.5. The van der Waals surface area contributed by atoms with Crippen LogP contribution in [0, 0.1) is 0 Å². The molecule has 154 valence electrons. The molecule has 0 aliphatic carbocycles. The van der Waals surface area contributed by atoms with Crippen LogP contribution in [0.2, 0.25) is 0 Å². The van der Waals surface area contributed by atoms with E-state index in [0.717, 1.165) is 0 Å². The molecule has 7 nitrogen and oxygen atoms in total. The van der Waals surface area contributed by atoms with Gasteiger partial charge in [0.25, 0.3) is 0 Å². The van der Waals surface area contributed by atoms with Crippen LogP contribution in [0.25, 0.3) is 22.3 Å². The summed E-state index contributed by atoms with van der Waals surface area (Å²) in [5.41, 5.74) is 1.07. The highest BCUT2D eigenvalue weighted by atomic mass is 16.5. The topological polar surface area (TPSA) is 117 Å². The molecular weight excluding hydrogens is 400 g/mol. The van der Waals surface area contributed by atoms with Crippen molar-refractivity contribution in [3.8, 4) is 34.3 Å².